The fourth-order valence-electron chi connectivity index (χ4n) is 4.80. The van der Waals surface area contributed by atoms with Crippen molar-refractivity contribution < 1.29 is 13.9 Å². The Morgan fingerprint density at radius 2 is 2.06 bits per heavy atom. The summed E-state index contributed by atoms with van der Waals surface area (Å²) in [7, 11) is 0. The predicted molar refractivity (Wildman–Crippen MR) is 118 cm³/mol. The summed E-state index contributed by atoms with van der Waals surface area (Å²) in [5.41, 5.74) is 1.55. The van der Waals surface area contributed by atoms with Crippen molar-refractivity contribution in [3.05, 3.63) is 48.4 Å². The lowest BCUT2D eigenvalue weighted by Crippen LogP contribution is -2.54. The number of fused-ring (bicyclic) bond motifs is 4. The monoisotopic (exact) mass is 434 g/mol. The second-order valence-electron chi connectivity index (χ2n) is 8.30. The minimum Gasteiger partial charge on any atom is -0.460 e. The zero-order chi connectivity index (χ0) is 20.9. The molecular formula is C23H22N4O3S. The van der Waals surface area contributed by atoms with E-state index in [9.17, 15) is 4.79 Å². The number of piperazine rings is 1. The lowest BCUT2D eigenvalue weighted by Gasteiger charge is -2.40. The summed E-state index contributed by atoms with van der Waals surface area (Å²) in [6.07, 6.45) is 4.02. The number of carbonyl (C=O) groups is 1. The third-order valence-corrected chi connectivity index (χ3v) is 7.19. The van der Waals surface area contributed by atoms with E-state index in [-0.39, 0.29) is 5.91 Å². The second kappa shape index (κ2) is 7.32. The van der Waals surface area contributed by atoms with Crippen LogP contribution in [0.15, 0.2) is 47.0 Å². The highest BCUT2D eigenvalue weighted by Gasteiger charge is 2.40. The topological polar surface area (TPSA) is 71.7 Å². The molecule has 0 spiro atoms. The van der Waals surface area contributed by atoms with Crippen molar-refractivity contribution in [1.82, 2.24) is 19.8 Å². The number of thiazole rings is 1. The van der Waals surface area contributed by atoms with Gasteiger partial charge in [-0.15, -0.1) is 0 Å². The number of pyridine rings is 1. The van der Waals surface area contributed by atoms with Gasteiger partial charge in [0.15, 0.2) is 5.65 Å². The van der Waals surface area contributed by atoms with Crippen molar-refractivity contribution in [2.75, 3.05) is 13.1 Å². The molecule has 2 bridgehead atoms. The number of benzene rings is 1. The minimum absolute atomic E-state index is 0.178. The van der Waals surface area contributed by atoms with Gasteiger partial charge in [0.05, 0.1) is 11.2 Å². The normalized spacial score (nSPS) is 21.3. The Morgan fingerprint density at radius 3 is 2.84 bits per heavy atom. The fraction of sp³-hybridized carbons (Fsp3) is 0.348. The number of nitrogens with zero attached hydrogens (tertiary/aromatic N) is 4. The van der Waals surface area contributed by atoms with Crippen molar-refractivity contribution in [3.8, 4) is 10.9 Å². The lowest BCUT2D eigenvalue weighted by molar-refractivity contribution is -0.132. The number of hydrogen-bond donors (Lipinski definition) is 0. The highest BCUT2D eigenvalue weighted by Crippen LogP contribution is 2.35. The van der Waals surface area contributed by atoms with Crippen molar-refractivity contribution >= 4 is 38.6 Å². The van der Waals surface area contributed by atoms with Crippen LogP contribution in [0.4, 0.5) is 0 Å². The van der Waals surface area contributed by atoms with Gasteiger partial charge in [0.25, 0.3) is 5.19 Å². The first-order valence-corrected chi connectivity index (χ1v) is 11.4. The van der Waals surface area contributed by atoms with E-state index in [1.54, 1.807) is 13.1 Å². The highest BCUT2D eigenvalue weighted by atomic mass is 32.1. The van der Waals surface area contributed by atoms with E-state index >= 15 is 0 Å². The van der Waals surface area contributed by atoms with E-state index < -0.39 is 0 Å². The van der Waals surface area contributed by atoms with Crippen LogP contribution in [-0.4, -0.2) is 50.8 Å². The smallest absolute Gasteiger partial charge is 0.281 e. The zero-order valence-corrected chi connectivity index (χ0v) is 18.0. The van der Waals surface area contributed by atoms with Gasteiger partial charge in [0.1, 0.15) is 17.1 Å². The molecule has 2 saturated heterocycles. The summed E-state index contributed by atoms with van der Waals surface area (Å²) >= 11 is 1.48. The van der Waals surface area contributed by atoms with Crippen molar-refractivity contribution in [2.24, 2.45) is 0 Å². The maximum absolute atomic E-state index is 11.8. The molecule has 6 rings (SSSR count). The van der Waals surface area contributed by atoms with E-state index in [1.165, 1.54) is 11.3 Å². The molecule has 158 valence electrons. The Morgan fingerprint density at radius 1 is 1.23 bits per heavy atom. The summed E-state index contributed by atoms with van der Waals surface area (Å²) in [5, 5.41) is 1.60. The first kappa shape index (κ1) is 18.8. The van der Waals surface area contributed by atoms with E-state index in [1.807, 2.05) is 35.2 Å². The molecule has 8 heteroatoms. The third kappa shape index (κ3) is 3.45. The number of aromatic nitrogens is 2. The van der Waals surface area contributed by atoms with Crippen LogP contribution in [0, 0.1) is 0 Å². The Bertz CT molecular complexity index is 1240. The molecule has 4 aromatic rings. The number of furan rings is 1. The molecule has 2 aliphatic heterocycles. The van der Waals surface area contributed by atoms with Crippen molar-refractivity contribution in [2.45, 2.75) is 38.4 Å². The highest BCUT2D eigenvalue weighted by molar-refractivity contribution is 7.20. The zero-order valence-electron chi connectivity index (χ0n) is 17.2. The number of rotatable bonds is 4. The van der Waals surface area contributed by atoms with Gasteiger partial charge in [-0.2, -0.15) is 4.98 Å². The standard InChI is InChI=1S/C23H22N4O3S/c1-14(28)26-11-16-4-5-17(12-26)27(16)13-19-10-15-9-18(6-7-20(15)29-19)30-23-25-22-21(31-23)3-2-8-24-22/h2-3,6-10,16-17H,4-5,11-13H2,1H3. The molecule has 1 aromatic carbocycles. The molecule has 2 aliphatic rings. The molecular weight excluding hydrogens is 412 g/mol. The van der Waals surface area contributed by atoms with Crippen molar-refractivity contribution in [1.29, 1.82) is 0 Å². The molecule has 0 radical (unpaired) electrons. The van der Waals surface area contributed by atoms with Gasteiger partial charge in [0.2, 0.25) is 5.91 Å². The molecule has 2 atom stereocenters. The summed E-state index contributed by atoms with van der Waals surface area (Å²) in [4.78, 5) is 25.0. The summed E-state index contributed by atoms with van der Waals surface area (Å²) in [5.74, 6) is 1.86. The first-order chi connectivity index (χ1) is 15.1. The van der Waals surface area contributed by atoms with Gasteiger partial charge in [-0.1, -0.05) is 11.3 Å². The molecule has 0 N–H and O–H groups in total. The van der Waals surface area contributed by atoms with Crippen LogP contribution >= 0.6 is 11.3 Å². The number of carbonyl (C=O) groups excluding carboxylic acids is 1. The maximum atomic E-state index is 11.8. The molecule has 0 saturated carbocycles. The fourth-order valence-corrected chi connectivity index (χ4v) is 5.59. The quantitative estimate of drug-likeness (QED) is 0.473. The summed E-state index contributed by atoms with van der Waals surface area (Å²) in [6, 6.07) is 12.7. The molecule has 0 aliphatic carbocycles. The molecule has 3 aromatic heterocycles. The van der Waals surface area contributed by atoms with Crippen LogP contribution in [0.1, 0.15) is 25.5 Å². The number of likely N-dealkylation sites (tertiary alicyclic amines) is 1. The van der Waals surface area contributed by atoms with Crippen LogP contribution in [0.3, 0.4) is 0 Å². The lowest BCUT2D eigenvalue weighted by atomic mass is 10.1. The largest absolute Gasteiger partial charge is 0.460 e. The average Bonchev–Trinajstić information content (AvgIpc) is 3.40. The second-order valence-corrected chi connectivity index (χ2v) is 9.29. The molecule has 2 fully saturated rings. The molecule has 1 amide bonds. The maximum Gasteiger partial charge on any atom is 0.281 e. The van der Waals surface area contributed by atoms with Gasteiger partial charge in [0, 0.05) is 43.7 Å². The molecule has 5 heterocycles. The van der Waals surface area contributed by atoms with Crippen molar-refractivity contribution in [3.63, 3.8) is 0 Å². The van der Waals surface area contributed by atoms with Gasteiger partial charge >= 0.3 is 0 Å². The minimum atomic E-state index is 0.178. The van der Waals surface area contributed by atoms with E-state index in [0.717, 1.165) is 59.7 Å². The van der Waals surface area contributed by atoms with Crippen LogP contribution in [-0.2, 0) is 11.3 Å². The van der Waals surface area contributed by atoms with Crippen LogP contribution in [0.25, 0.3) is 21.3 Å². The Labute approximate surface area is 183 Å². The summed E-state index contributed by atoms with van der Waals surface area (Å²) in [6.45, 7) is 4.08. The summed E-state index contributed by atoms with van der Waals surface area (Å²) < 4.78 is 13.1. The van der Waals surface area contributed by atoms with Crippen LogP contribution in [0.5, 0.6) is 10.9 Å². The van der Waals surface area contributed by atoms with E-state index in [0.29, 0.717) is 22.9 Å². The van der Waals surface area contributed by atoms with E-state index in [4.69, 9.17) is 9.15 Å². The van der Waals surface area contributed by atoms with Gasteiger partial charge in [-0.25, -0.2) is 4.98 Å². The molecule has 7 nitrogen and oxygen atoms in total. The predicted octanol–water partition coefficient (Wildman–Crippen LogP) is 4.42. The van der Waals surface area contributed by atoms with Gasteiger partial charge < -0.3 is 14.1 Å². The van der Waals surface area contributed by atoms with Gasteiger partial charge in [-0.05, 0) is 49.2 Å². The van der Waals surface area contributed by atoms with E-state index in [2.05, 4.69) is 20.9 Å². The molecule has 2 unspecified atom stereocenters. The Hall–Kier alpha value is -2.97. The first-order valence-electron chi connectivity index (χ1n) is 10.6. The average molecular weight is 435 g/mol. The van der Waals surface area contributed by atoms with Gasteiger partial charge in [-0.3, -0.25) is 9.69 Å². The number of ether oxygens (including phenoxy) is 1. The number of amides is 1. The SMILES string of the molecule is CC(=O)N1CC2CCC(C1)N2Cc1cc2cc(Oc3nc4ncccc4s3)ccc2o1. The number of hydrogen-bond acceptors (Lipinski definition) is 7. The third-order valence-electron chi connectivity index (χ3n) is 6.31. The van der Waals surface area contributed by atoms with Crippen LogP contribution in [0.2, 0.25) is 0 Å². The Balaban J connectivity index is 1.20. The van der Waals surface area contributed by atoms with Crippen LogP contribution < -0.4 is 4.74 Å². The Kier molecular flexibility index (Phi) is 4.43. The molecule has 31 heavy (non-hydrogen) atoms.